The maximum absolute atomic E-state index is 6.00. The lowest BCUT2D eigenvalue weighted by molar-refractivity contribution is 0.362. The highest BCUT2D eigenvalue weighted by Gasteiger charge is 2.04. The van der Waals surface area contributed by atoms with Crippen LogP contribution in [-0.4, -0.2) is 25.0 Å². The van der Waals surface area contributed by atoms with Gasteiger partial charge in [-0.1, -0.05) is 73.5 Å². The van der Waals surface area contributed by atoms with E-state index in [1.54, 1.807) is 0 Å². The van der Waals surface area contributed by atoms with Gasteiger partial charge in [0.05, 0.1) is 0 Å². The van der Waals surface area contributed by atoms with Crippen LogP contribution in [0.15, 0.2) is 60.7 Å². The lowest BCUT2D eigenvalue weighted by Crippen LogP contribution is -2.19. The van der Waals surface area contributed by atoms with E-state index in [2.05, 4.69) is 67.4 Å². The average molecular weight is 328 g/mol. The van der Waals surface area contributed by atoms with Crippen LogP contribution in [0, 0.1) is 0 Å². The highest BCUT2D eigenvalue weighted by Crippen LogP contribution is 2.21. The molecule has 0 aliphatic rings. The number of likely N-dealkylation sites (N-methyl/N-ethyl adjacent to an activating group) is 1. The third-order valence-corrected chi connectivity index (χ3v) is 4.25. The molecule has 1 nitrogen and oxygen atoms in total. The van der Waals surface area contributed by atoms with Gasteiger partial charge in [-0.25, -0.2) is 0 Å². The van der Waals surface area contributed by atoms with Crippen molar-refractivity contribution in [2.24, 2.45) is 0 Å². The molecule has 0 spiro atoms. The molecule has 0 N–H and O–H groups in total. The summed E-state index contributed by atoms with van der Waals surface area (Å²) in [6, 6.07) is 18.8. The molecule has 0 aromatic heterocycles. The molecular formula is C21H26ClN. The Balaban J connectivity index is 2.13. The first-order valence-corrected chi connectivity index (χ1v) is 8.74. The molecule has 2 rings (SSSR count). The van der Waals surface area contributed by atoms with Crippen molar-refractivity contribution >= 4 is 17.2 Å². The van der Waals surface area contributed by atoms with Gasteiger partial charge in [0.1, 0.15) is 0 Å². The molecule has 122 valence electrons. The first-order valence-electron chi connectivity index (χ1n) is 8.36. The fourth-order valence-corrected chi connectivity index (χ4v) is 2.68. The molecule has 0 fully saturated rings. The Labute approximate surface area is 145 Å². The predicted molar refractivity (Wildman–Crippen MR) is 102 cm³/mol. The Bertz CT molecular complexity index is 601. The van der Waals surface area contributed by atoms with E-state index in [0.29, 0.717) is 0 Å². The van der Waals surface area contributed by atoms with Gasteiger partial charge in [0.15, 0.2) is 0 Å². The van der Waals surface area contributed by atoms with E-state index in [-0.39, 0.29) is 0 Å². The van der Waals surface area contributed by atoms with Crippen molar-refractivity contribution < 1.29 is 0 Å². The monoisotopic (exact) mass is 327 g/mol. The predicted octanol–water partition coefficient (Wildman–Crippen LogP) is 5.70. The van der Waals surface area contributed by atoms with Gasteiger partial charge in [0.2, 0.25) is 0 Å². The molecule has 0 amide bonds. The molecule has 2 heteroatoms. The highest BCUT2D eigenvalue weighted by atomic mass is 35.5. The van der Waals surface area contributed by atoms with E-state index in [0.717, 1.165) is 24.5 Å². The van der Waals surface area contributed by atoms with Gasteiger partial charge in [-0.15, -0.1) is 0 Å². The van der Waals surface area contributed by atoms with Crippen LogP contribution in [0.1, 0.15) is 30.9 Å². The quantitative estimate of drug-likeness (QED) is 0.601. The summed E-state index contributed by atoms with van der Waals surface area (Å²) >= 11 is 6.00. The Morgan fingerprint density at radius 1 is 1.04 bits per heavy atom. The fraction of sp³-hybridized carbons (Fsp3) is 0.333. The van der Waals surface area contributed by atoms with Gasteiger partial charge in [0, 0.05) is 11.6 Å². The second-order valence-corrected chi connectivity index (χ2v) is 6.45. The van der Waals surface area contributed by atoms with Gasteiger partial charge in [-0.05, 0) is 55.3 Å². The van der Waals surface area contributed by atoms with Crippen molar-refractivity contribution in [2.75, 3.05) is 20.1 Å². The third-order valence-electron chi connectivity index (χ3n) is 4.00. The number of hydrogen-bond acceptors (Lipinski definition) is 1. The lowest BCUT2D eigenvalue weighted by atomic mass is 9.98. The molecule has 0 heterocycles. The largest absolute Gasteiger partial charge is 0.303 e. The second-order valence-electron chi connectivity index (χ2n) is 6.01. The summed E-state index contributed by atoms with van der Waals surface area (Å²) in [5.41, 5.74) is 3.96. The van der Waals surface area contributed by atoms with Gasteiger partial charge in [0.25, 0.3) is 0 Å². The standard InChI is InChI=1S/C21H26ClN/c1-3-4-15-23(2)16-14-20(19-8-6-5-7-9-19)17-18-10-12-21(22)13-11-18/h5-14H,3-4,15-17H2,1-2H3/b20-14+. The summed E-state index contributed by atoms with van der Waals surface area (Å²) in [5.74, 6) is 0. The Hall–Kier alpha value is -1.57. The maximum atomic E-state index is 6.00. The number of halogens is 1. The van der Waals surface area contributed by atoms with E-state index in [4.69, 9.17) is 11.6 Å². The van der Waals surface area contributed by atoms with Crippen molar-refractivity contribution in [3.63, 3.8) is 0 Å². The maximum Gasteiger partial charge on any atom is 0.0406 e. The third kappa shape index (κ3) is 6.21. The van der Waals surface area contributed by atoms with Crippen molar-refractivity contribution in [1.29, 1.82) is 0 Å². The summed E-state index contributed by atoms with van der Waals surface area (Å²) < 4.78 is 0. The van der Waals surface area contributed by atoms with Crippen molar-refractivity contribution in [3.05, 3.63) is 76.8 Å². The zero-order chi connectivity index (χ0) is 16.5. The number of rotatable bonds is 8. The molecule has 0 bridgehead atoms. The van der Waals surface area contributed by atoms with E-state index >= 15 is 0 Å². The molecule has 0 atom stereocenters. The topological polar surface area (TPSA) is 3.24 Å². The average Bonchev–Trinajstić information content (AvgIpc) is 2.59. The molecule has 23 heavy (non-hydrogen) atoms. The number of benzene rings is 2. The summed E-state index contributed by atoms with van der Waals surface area (Å²) in [6.07, 6.45) is 5.79. The molecule has 0 unspecified atom stereocenters. The zero-order valence-electron chi connectivity index (χ0n) is 14.1. The van der Waals surface area contributed by atoms with Gasteiger partial charge < -0.3 is 4.90 Å². The molecule has 0 saturated carbocycles. The van der Waals surface area contributed by atoms with Crippen LogP contribution in [0.4, 0.5) is 0 Å². The van der Waals surface area contributed by atoms with Crippen LogP contribution < -0.4 is 0 Å². The van der Waals surface area contributed by atoms with Crippen LogP contribution in [0.2, 0.25) is 5.02 Å². The van der Waals surface area contributed by atoms with Crippen LogP contribution >= 0.6 is 11.6 Å². The smallest absolute Gasteiger partial charge is 0.0406 e. The SMILES string of the molecule is CCCCN(C)C/C=C(\Cc1ccc(Cl)cc1)c1ccccc1. The first kappa shape index (κ1) is 17.8. The zero-order valence-corrected chi connectivity index (χ0v) is 14.9. The van der Waals surface area contributed by atoms with E-state index in [1.165, 1.54) is 29.5 Å². The molecule has 0 radical (unpaired) electrons. The number of unbranched alkanes of at least 4 members (excludes halogenated alkanes) is 1. The van der Waals surface area contributed by atoms with Crippen molar-refractivity contribution in [2.45, 2.75) is 26.2 Å². The van der Waals surface area contributed by atoms with E-state index < -0.39 is 0 Å². The summed E-state index contributed by atoms with van der Waals surface area (Å²) in [6.45, 7) is 4.37. The lowest BCUT2D eigenvalue weighted by Gasteiger charge is -2.15. The van der Waals surface area contributed by atoms with Crippen molar-refractivity contribution in [3.8, 4) is 0 Å². The van der Waals surface area contributed by atoms with Gasteiger partial charge >= 0.3 is 0 Å². The molecular weight excluding hydrogens is 302 g/mol. The summed E-state index contributed by atoms with van der Waals surface area (Å²) in [4.78, 5) is 2.38. The molecule has 0 saturated heterocycles. The number of nitrogens with zero attached hydrogens (tertiary/aromatic N) is 1. The Morgan fingerprint density at radius 3 is 2.39 bits per heavy atom. The second kappa shape index (κ2) is 9.54. The van der Waals surface area contributed by atoms with Crippen LogP contribution in [-0.2, 0) is 6.42 Å². The highest BCUT2D eigenvalue weighted by molar-refractivity contribution is 6.30. The summed E-state index contributed by atoms with van der Waals surface area (Å²) in [7, 11) is 2.19. The minimum absolute atomic E-state index is 0.790. The minimum Gasteiger partial charge on any atom is -0.303 e. The van der Waals surface area contributed by atoms with E-state index in [9.17, 15) is 0 Å². The van der Waals surface area contributed by atoms with Gasteiger partial charge in [-0.2, -0.15) is 0 Å². The molecule has 2 aromatic carbocycles. The van der Waals surface area contributed by atoms with Crippen LogP contribution in [0.5, 0.6) is 0 Å². The van der Waals surface area contributed by atoms with E-state index in [1.807, 2.05) is 12.1 Å². The van der Waals surface area contributed by atoms with Crippen LogP contribution in [0.25, 0.3) is 5.57 Å². The normalized spacial score (nSPS) is 11.9. The fourth-order valence-electron chi connectivity index (χ4n) is 2.55. The van der Waals surface area contributed by atoms with Gasteiger partial charge in [-0.3, -0.25) is 0 Å². The molecule has 0 aliphatic heterocycles. The number of allylic oxidation sites excluding steroid dienone is 1. The van der Waals surface area contributed by atoms with Crippen molar-refractivity contribution in [1.82, 2.24) is 4.90 Å². The number of hydrogen-bond donors (Lipinski definition) is 0. The van der Waals surface area contributed by atoms with Crippen LogP contribution in [0.3, 0.4) is 0 Å². The molecule has 0 aliphatic carbocycles. The minimum atomic E-state index is 0.790. The first-order chi connectivity index (χ1) is 11.2. The summed E-state index contributed by atoms with van der Waals surface area (Å²) in [5, 5.41) is 0.790. The Morgan fingerprint density at radius 2 is 1.74 bits per heavy atom. The molecule has 2 aromatic rings. The Kier molecular flexibility index (Phi) is 7.38.